The minimum atomic E-state index is -4.72. The van der Waals surface area contributed by atoms with Crippen LogP contribution in [0.2, 0.25) is 0 Å². The zero-order valence-corrected chi connectivity index (χ0v) is 19.8. The number of aromatic nitrogens is 3. The number of nitrogens with zero attached hydrogens (tertiary/aromatic N) is 4. The molecular weight excluding hydrogens is 491 g/mol. The van der Waals surface area contributed by atoms with Gasteiger partial charge in [0.05, 0.1) is 11.7 Å². The van der Waals surface area contributed by atoms with Gasteiger partial charge >= 0.3 is 6.36 Å². The highest BCUT2D eigenvalue weighted by molar-refractivity contribution is 7.14. The first-order valence-electron chi connectivity index (χ1n) is 11.3. The molecule has 1 aromatic carbocycles. The minimum Gasteiger partial charge on any atom is -0.406 e. The lowest BCUT2D eigenvalue weighted by Crippen LogP contribution is -2.23. The van der Waals surface area contributed by atoms with Gasteiger partial charge in [-0.3, -0.25) is 15.1 Å². The summed E-state index contributed by atoms with van der Waals surface area (Å²) in [6.07, 6.45) is 2.34. The van der Waals surface area contributed by atoms with E-state index in [9.17, 15) is 18.0 Å². The van der Waals surface area contributed by atoms with Gasteiger partial charge in [-0.25, -0.2) is 4.98 Å². The van der Waals surface area contributed by atoms with Gasteiger partial charge in [0.25, 0.3) is 5.91 Å². The normalized spacial score (nSPS) is 15.8. The topological polar surface area (TPSA) is 72.3 Å². The summed E-state index contributed by atoms with van der Waals surface area (Å²) in [6.45, 7) is 1.30. The van der Waals surface area contributed by atoms with Gasteiger partial charge in [0.2, 0.25) is 0 Å². The van der Waals surface area contributed by atoms with Gasteiger partial charge in [0.1, 0.15) is 11.4 Å². The highest BCUT2D eigenvalue weighted by atomic mass is 32.1. The van der Waals surface area contributed by atoms with Crippen LogP contribution in [0.15, 0.2) is 72.5 Å². The number of carbonyl (C=O) groups excluding carboxylic acids is 1. The molecule has 1 amide bonds. The van der Waals surface area contributed by atoms with E-state index in [-0.39, 0.29) is 17.7 Å². The summed E-state index contributed by atoms with van der Waals surface area (Å²) in [7, 11) is 0. The van der Waals surface area contributed by atoms with Crippen molar-refractivity contribution in [2.45, 2.75) is 31.8 Å². The lowest BCUT2D eigenvalue weighted by molar-refractivity contribution is -0.274. The Morgan fingerprint density at radius 2 is 1.92 bits per heavy atom. The Bertz CT molecular complexity index is 1320. The number of benzene rings is 1. The predicted octanol–water partition coefficient (Wildman–Crippen LogP) is 5.88. The summed E-state index contributed by atoms with van der Waals surface area (Å²) in [5.74, 6) is -0.507. The molecule has 1 saturated heterocycles. The molecule has 0 unspecified atom stereocenters. The lowest BCUT2D eigenvalue weighted by Gasteiger charge is -2.25. The van der Waals surface area contributed by atoms with Gasteiger partial charge in [-0.1, -0.05) is 0 Å². The van der Waals surface area contributed by atoms with Crippen LogP contribution in [-0.4, -0.2) is 33.3 Å². The number of thiazole rings is 1. The van der Waals surface area contributed by atoms with Crippen molar-refractivity contribution in [3.05, 3.63) is 89.5 Å². The first-order chi connectivity index (χ1) is 17.4. The van der Waals surface area contributed by atoms with Crippen LogP contribution < -0.4 is 15.0 Å². The fraction of sp³-hybridized carbons (Fsp3) is 0.240. The van der Waals surface area contributed by atoms with E-state index in [1.807, 2.05) is 34.3 Å². The third-order valence-electron chi connectivity index (χ3n) is 5.90. The first-order valence-corrected chi connectivity index (χ1v) is 12.2. The van der Waals surface area contributed by atoms with Gasteiger partial charge in [0, 0.05) is 42.7 Å². The molecule has 4 aromatic rings. The van der Waals surface area contributed by atoms with Crippen molar-refractivity contribution in [1.82, 2.24) is 14.5 Å². The second kappa shape index (κ2) is 10.0. The quantitative estimate of drug-likeness (QED) is 0.334. The highest BCUT2D eigenvalue weighted by Crippen LogP contribution is 2.38. The van der Waals surface area contributed by atoms with Crippen molar-refractivity contribution in [3.63, 3.8) is 0 Å². The van der Waals surface area contributed by atoms with E-state index < -0.39 is 6.36 Å². The van der Waals surface area contributed by atoms with E-state index in [1.165, 1.54) is 23.5 Å². The summed E-state index contributed by atoms with van der Waals surface area (Å²) >= 11 is 1.35. The molecule has 1 fully saturated rings. The molecule has 11 heteroatoms. The van der Waals surface area contributed by atoms with Gasteiger partial charge in [-0.15, -0.1) is 24.5 Å². The molecule has 1 N–H and O–H groups in total. The average molecular weight is 514 g/mol. The lowest BCUT2D eigenvalue weighted by atomic mass is 10.1. The van der Waals surface area contributed by atoms with Gasteiger partial charge < -0.3 is 14.2 Å². The van der Waals surface area contributed by atoms with Crippen LogP contribution >= 0.6 is 11.3 Å². The molecule has 0 radical (unpaired) electrons. The predicted molar refractivity (Wildman–Crippen MR) is 130 cm³/mol. The number of alkyl halides is 3. The Morgan fingerprint density at radius 3 is 2.67 bits per heavy atom. The maximum Gasteiger partial charge on any atom is 0.573 e. The Hall–Kier alpha value is -3.86. The fourth-order valence-electron chi connectivity index (χ4n) is 4.32. The van der Waals surface area contributed by atoms with Gasteiger partial charge in [-0.05, 0) is 66.9 Å². The van der Waals surface area contributed by atoms with Crippen LogP contribution in [0.1, 0.15) is 40.6 Å². The molecule has 0 bridgehead atoms. The number of nitrogens with one attached hydrogen (secondary N) is 1. The first kappa shape index (κ1) is 23.9. The molecule has 5 rings (SSSR count). The van der Waals surface area contributed by atoms with E-state index >= 15 is 0 Å². The van der Waals surface area contributed by atoms with Crippen LogP contribution in [-0.2, 0) is 6.54 Å². The summed E-state index contributed by atoms with van der Waals surface area (Å²) in [5, 5.41) is 5.30. The number of rotatable bonds is 7. The van der Waals surface area contributed by atoms with Crippen molar-refractivity contribution >= 4 is 28.1 Å². The summed E-state index contributed by atoms with van der Waals surface area (Å²) in [5.41, 5.74) is 3.16. The molecule has 186 valence electrons. The van der Waals surface area contributed by atoms with Crippen LogP contribution in [0.25, 0.3) is 0 Å². The Labute approximate surface area is 209 Å². The van der Waals surface area contributed by atoms with E-state index in [0.29, 0.717) is 17.4 Å². The standard InChI is InChI=1S/C25H22F3N5O2S/c26-25(27,28)35-19-7-5-18(6-8-19)33-14-2-3-21(33)20-16-36-24(30-20)31-23(34)22-4-1-13-32(22)15-17-9-11-29-12-10-17/h1,4-13,16,21H,2-3,14-15H2,(H,30,31,34)/t21-/m1/s1. The van der Waals surface area contributed by atoms with Crippen LogP contribution in [0.4, 0.5) is 24.0 Å². The van der Waals surface area contributed by atoms with Crippen LogP contribution in [0.3, 0.4) is 0 Å². The molecule has 7 nitrogen and oxygen atoms in total. The number of carbonyl (C=O) groups is 1. The molecule has 1 aliphatic heterocycles. The molecule has 0 aliphatic carbocycles. The SMILES string of the molecule is O=C(Nc1nc([C@H]2CCCN2c2ccc(OC(F)(F)F)cc2)cs1)c1cccn1Cc1ccncc1. The summed E-state index contributed by atoms with van der Waals surface area (Å²) in [4.78, 5) is 23.7. The van der Waals surface area contributed by atoms with Crippen molar-refractivity contribution in [3.8, 4) is 5.75 Å². The average Bonchev–Trinajstić information content (AvgIpc) is 3.60. The van der Waals surface area contributed by atoms with Crippen molar-refractivity contribution < 1.29 is 22.7 Å². The Balaban J connectivity index is 1.26. The van der Waals surface area contributed by atoms with Crippen molar-refractivity contribution in [1.29, 1.82) is 0 Å². The number of amides is 1. The zero-order valence-electron chi connectivity index (χ0n) is 19.0. The number of pyridine rings is 1. The maximum absolute atomic E-state index is 13.0. The monoisotopic (exact) mass is 513 g/mol. The molecule has 0 saturated carbocycles. The van der Waals surface area contributed by atoms with E-state index in [0.717, 1.165) is 36.3 Å². The summed E-state index contributed by atoms with van der Waals surface area (Å²) in [6, 6.07) is 13.2. The number of halogens is 3. The maximum atomic E-state index is 13.0. The Morgan fingerprint density at radius 1 is 1.14 bits per heavy atom. The van der Waals surface area contributed by atoms with Gasteiger partial charge in [-0.2, -0.15) is 0 Å². The largest absolute Gasteiger partial charge is 0.573 e. The fourth-order valence-corrected chi connectivity index (χ4v) is 5.08. The molecule has 4 heterocycles. The number of anilines is 2. The molecule has 36 heavy (non-hydrogen) atoms. The van der Waals surface area contributed by atoms with E-state index in [1.54, 1.807) is 30.6 Å². The van der Waals surface area contributed by atoms with Crippen LogP contribution in [0, 0.1) is 0 Å². The Kier molecular flexibility index (Phi) is 6.64. The second-order valence-electron chi connectivity index (χ2n) is 8.30. The van der Waals surface area contributed by atoms with Crippen LogP contribution in [0.5, 0.6) is 5.75 Å². The molecule has 1 atom stereocenters. The summed E-state index contributed by atoms with van der Waals surface area (Å²) < 4.78 is 43.2. The zero-order chi connectivity index (χ0) is 25.1. The number of ether oxygens (including phenoxy) is 1. The highest BCUT2D eigenvalue weighted by Gasteiger charge is 2.32. The van der Waals surface area contributed by atoms with Crippen molar-refractivity contribution in [2.24, 2.45) is 0 Å². The minimum absolute atomic E-state index is 0.0307. The third-order valence-corrected chi connectivity index (χ3v) is 6.68. The third kappa shape index (κ3) is 5.51. The molecular formula is C25H22F3N5O2S. The number of hydrogen-bond donors (Lipinski definition) is 1. The smallest absolute Gasteiger partial charge is 0.406 e. The molecule has 3 aromatic heterocycles. The molecule has 1 aliphatic rings. The van der Waals surface area contributed by atoms with Gasteiger partial charge in [0.15, 0.2) is 5.13 Å². The molecule has 0 spiro atoms. The van der Waals surface area contributed by atoms with Crippen molar-refractivity contribution in [2.75, 3.05) is 16.8 Å². The van der Waals surface area contributed by atoms with E-state index in [2.05, 4.69) is 24.9 Å². The van der Waals surface area contributed by atoms with E-state index in [4.69, 9.17) is 0 Å². The number of hydrogen-bond acceptors (Lipinski definition) is 6. The second-order valence-corrected chi connectivity index (χ2v) is 9.16.